The van der Waals surface area contributed by atoms with Crippen molar-refractivity contribution in [2.45, 2.75) is 20.0 Å². The van der Waals surface area contributed by atoms with E-state index in [0.29, 0.717) is 0 Å². The molecule has 0 aliphatic heterocycles. The van der Waals surface area contributed by atoms with Crippen LogP contribution in [0.4, 0.5) is 0 Å². The second kappa shape index (κ2) is 5.80. The van der Waals surface area contributed by atoms with Gasteiger partial charge in [-0.1, -0.05) is 60.7 Å². The zero-order chi connectivity index (χ0) is 12.1. The molecule has 88 valence electrons. The molecule has 2 aromatic carbocycles. The lowest BCUT2D eigenvalue weighted by Gasteiger charge is -2.35. The fraction of sp³-hybridized carbons (Fsp3) is 0.200. The average molecular weight is 241 g/mol. The predicted molar refractivity (Wildman–Crippen MR) is 74.1 cm³/mol. The minimum absolute atomic E-state index is 0.254. The molecule has 17 heavy (non-hydrogen) atoms. The Hall–Kier alpha value is -1.38. The summed E-state index contributed by atoms with van der Waals surface area (Å²) in [5, 5.41) is 2.61. The Bertz CT molecular complexity index is 399. The number of hydrogen-bond donors (Lipinski definition) is 0. The van der Waals surface area contributed by atoms with Crippen molar-refractivity contribution >= 4 is 19.4 Å². The van der Waals surface area contributed by atoms with Gasteiger partial charge in [-0.15, -0.1) is 9.04 Å². The predicted octanol–water partition coefficient (Wildman–Crippen LogP) is 2.22. The summed E-state index contributed by atoms with van der Waals surface area (Å²) >= 11 is 0. The molecule has 0 aliphatic rings. The molecule has 0 fully saturated rings. The Labute approximate surface area is 105 Å². The molecule has 0 saturated carbocycles. The van der Waals surface area contributed by atoms with Crippen LogP contribution in [0.5, 0.6) is 0 Å². The molecule has 2 heteroatoms. The quantitative estimate of drug-likeness (QED) is 0.746. The van der Waals surface area contributed by atoms with Gasteiger partial charge in [0.2, 0.25) is 0 Å². The van der Waals surface area contributed by atoms with Crippen LogP contribution in [0, 0.1) is 0 Å². The third-order valence-electron chi connectivity index (χ3n) is 2.43. The molecule has 0 heterocycles. The van der Waals surface area contributed by atoms with E-state index in [2.05, 4.69) is 62.4 Å². The summed E-state index contributed by atoms with van der Waals surface area (Å²) in [6, 6.07) is 21.0. The van der Waals surface area contributed by atoms with E-state index in [9.17, 15) is 0 Å². The molecule has 2 aromatic rings. The molecule has 0 saturated heterocycles. The Kier molecular flexibility index (Phi) is 4.12. The molecule has 0 radical (unpaired) electrons. The van der Waals surface area contributed by atoms with Crippen molar-refractivity contribution in [1.82, 2.24) is 0 Å². The van der Waals surface area contributed by atoms with E-state index in [1.165, 1.54) is 10.4 Å². The lowest BCUT2D eigenvalue weighted by Crippen LogP contribution is -2.46. The van der Waals surface area contributed by atoms with Gasteiger partial charge in [-0.25, -0.2) is 0 Å². The zero-order valence-corrected chi connectivity index (χ0v) is 11.3. The van der Waals surface area contributed by atoms with Gasteiger partial charge in [0.25, 0.3) is 0 Å². The van der Waals surface area contributed by atoms with Crippen molar-refractivity contribution in [3.05, 3.63) is 60.7 Å². The summed E-state index contributed by atoms with van der Waals surface area (Å²) in [5.41, 5.74) is 0. The highest BCUT2D eigenvalue weighted by molar-refractivity contribution is 6.80. The van der Waals surface area contributed by atoms with Crippen molar-refractivity contribution in [1.29, 1.82) is 0 Å². The van der Waals surface area contributed by atoms with E-state index in [-0.39, 0.29) is 6.10 Å². The largest absolute Gasteiger partial charge is 0.557 e. The van der Waals surface area contributed by atoms with Gasteiger partial charge in [0, 0.05) is 6.10 Å². The van der Waals surface area contributed by atoms with Crippen LogP contribution in [0.3, 0.4) is 0 Å². The van der Waals surface area contributed by atoms with Crippen molar-refractivity contribution in [2.75, 3.05) is 0 Å². The van der Waals surface area contributed by atoms with Crippen LogP contribution in [-0.4, -0.2) is 15.1 Å². The van der Waals surface area contributed by atoms with E-state index in [0.717, 1.165) is 0 Å². The van der Waals surface area contributed by atoms with Crippen LogP contribution in [0.25, 0.3) is 0 Å². The van der Waals surface area contributed by atoms with Crippen molar-refractivity contribution in [2.24, 2.45) is 0 Å². The molecule has 0 aliphatic carbocycles. The average Bonchev–Trinajstić information content (AvgIpc) is 2.38. The number of hydrogen-bond acceptors (Lipinski definition) is 1. The van der Waals surface area contributed by atoms with Crippen LogP contribution >= 0.6 is 0 Å². The van der Waals surface area contributed by atoms with Gasteiger partial charge < -0.3 is 4.43 Å². The molecule has 0 N–H and O–H groups in total. The fourth-order valence-electron chi connectivity index (χ4n) is 1.72. The first-order valence-corrected chi connectivity index (χ1v) is 7.32. The first-order chi connectivity index (χ1) is 8.27. The maximum Gasteiger partial charge on any atom is 0.0117 e. The first-order valence-electron chi connectivity index (χ1n) is 5.92. The van der Waals surface area contributed by atoms with Gasteiger partial charge in [-0.2, -0.15) is 10.4 Å². The molecule has 0 amide bonds. The van der Waals surface area contributed by atoms with E-state index in [1.807, 2.05) is 12.1 Å². The second-order valence-electron chi connectivity index (χ2n) is 4.23. The minimum Gasteiger partial charge on any atom is -0.557 e. The van der Waals surface area contributed by atoms with E-state index < -0.39 is 9.04 Å². The van der Waals surface area contributed by atoms with E-state index in [4.69, 9.17) is 4.43 Å². The summed E-state index contributed by atoms with van der Waals surface area (Å²) in [5.74, 6) is 0. The lowest BCUT2D eigenvalue weighted by molar-refractivity contribution is 0.253. The smallest absolute Gasteiger partial charge is 0.0117 e. The molecule has 0 aromatic heterocycles. The topological polar surface area (TPSA) is 9.23 Å². The van der Waals surface area contributed by atoms with Crippen LogP contribution in [0.15, 0.2) is 60.7 Å². The third kappa shape index (κ3) is 3.28. The first kappa shape index (κ1) is 12.1. The summed E-state index contributed by atoms with van der Waals surface area (Å²) in [6.07, 6.45) is 0.254. The summed E-state index contributed by atoms with van der Waals surface area (Å²) in [6.45, 7) is 4.19. The monoisotopic (exact) mass is 241 g/mol. The van der Waals surface area contributed by atoms with Crippen LogP contribution < -0.4 is 10.4 Å². The van der Waals surface area contributed by atoms with Crippen LogP contribution in [-0.2, 0) is 4.43 Å². The van der Waals surface area contributed by atoms with Gasteiger partial charge in [0.05, 0.1) is 0 Å². The molecule has 0 spiro atoms. The van der Waals surface area contributed by atoms with Crippen LogP contribution in [0.1, 0.15) is 13.8 Å². The molecular weight excluding hydrogens is 224 g/mol. The van der Waals surface area contributed by atoms with Gasteiger partial charge in [-0.05, 0) is 13.8 Å². The standard InChI is InChI=1S/C15H17OSi/c1-13(2)16-17(14-9-5-3-6-10-14)15-11-7-4-8-12-15/h3-13H,1-2H3/q-1. The van der Waals surface area contributed by atoms with Crippen LogP contribution in [0.2, 0.25) is 0 Å². The number of benzene rings is 2. The molecular formula is C15H17OSi-. The van der Waals surface area contributed by atoms with Gasteiger partial charge in [-0.3, -0.25) is 0 Å². The lowest BCUT2D eigenvalue weighted by atomic mass is 10.4. The van der Waals surface area contributed by atoms with E-state index in [1.54, 1.807) is 0 Å². The van der Waals surface area contributed by atoms with Gasteiger partial charge in [0.1, 0.15) is 0 Å². The normalized spacial score (nSPS) is 10.5. The molecule has 0 unspecified atom stereocenters. The molecule has 2 rings (SSSR count). The Balaban J connectivity index is 2.32. The summed E-state index contributed by atoms with van der Waals surface area (Å²) < 4.78 is 6.12. The number of rotatable bonds is 4. The van der Waals surface area contributed by atoms with Crippen molar-refractivity contribution in [3.8, 4) is 0 Å². The second-order valence-corrected chi connectivity index (χ2v) is 6.28. The highest BCUT2D eigenvalue weighted by atomic mass is 28.3. The van der Waals surface area contributed by atoms with Gasteiger partial charge in [0.15, 0.2) is 0 Å². The SMILES string of the molecule is CC(C)O[Si-](c1ccccc1)c1ccccc1. The van der Waals surface area contributed by atoms with Gasteiger partial charge >= 0.3 is 0 Å². The summed E-state index contributed by atoms with van der Waals surface area (Å²) in [4.78, 5) is 0. The maximum absolute atomic E-state index is 6.12. The Morgan fingerprint density at radius 1 is 0.765 bits per heavy atom. The highest BCUT2D eigenvalue weighted by Crippen LogP contribution is 1.98. The maximum atomic E-state index is 6.12. The molecule has 1 nitrogen and oxygen atoms in total. The Morgan fingerprint density at radius 3 is 1.53 bits per heavy atom. The van der Waals surface area contributed by atoms with Crippen molar-refractivity contribution < 1.29 is 4.43 Å². The summed E-state index contributed by atoms with van der Waals surface area (Å²) in [7, 11) is -1.10. The highest BCUT2D eigenvalue weighted by Gasteiger charge is 2.01. The van der Waals surface area contributed by atoms with E-state index >= 15 is 0 Å². The minimum atomic E-state index is -1.10. The van der Waals surface area contributed by atoms with Crippen molar-refractivity contribution in [3.63, 3.8) is 0 Å². The molecule has 0 atom stereocenters. The zero-order valence-electron chi connectivity index (χ0n) is 10.3. The fourth-order valence-corrected chi connectivity index (χ4v) is 3.78. The third-order valence-corrected chi connectivity index (χ3v) is 4.85. The Morgan fingerprint density at radius 2 is 1.18 bits per heavy atom. The molecule has 0 bridgehead atoms.